The number of nitrogens with zero attached hydrogens (tertiary/aromatic N) is 1. The molecule has 0 bridgehead atoms. The van der Waals surface area contributed by atoms with Crippen molar-refractivity contribution >= 4 is 5.91 Å². The van der Waals surface area contributed by atoms with Gasteiger partial charge in [-0.25, -0.2) is 0 Å². The fourth-order valence-corrected chi connectivity index (χ4v) is 2.17. The van der Waals surface area contributed by atoms with Gasteiger partial charge in [-0.15, -0.1) is 0 Å². The van der Waals surface area contributed by atoms with Crippen LogP contribution in [0.15, 0.2) is 0 Å². The van der Waals surface area contributed by atoms with Crippen LogP contribution < -0.4 is 11.1 Å². The van der Waals surface area contributed by atoms with Gasteiger partial charge in [0.15, 0.2) is 0 Å². The van der Waals surface area contributed by atoms with E-state index in [4.69, 9.17) is 5.73 Å². The molecule has 4 heteroatoms. The van der Waals surface area contributed by atoms with Gasteiger partial charge >= 0.3 is 0 Å². The van der Waals surface area contributed by atoms with Gasteiger partial charge < -0.3 is 16.0 Å². The van der Waals surface area contributed by atoms with Crippen molar-refractivity contribution in [2.45, 2.75) is 31.7 Å². The lowest BCUT2D eigenvalue weighted by atomic mass is 10.3. The molecule has 0 aromatic heterocycles. The van der Waals surface area contributed by atoms with Crippen LogP contribution in [0.5, 0.6) is 0 Å². The lowest BCUT2D eigenvalue weighted by Crippen LogP contribution is -2.30. The fourth-order valence-electron chi connectivity index (χ4n) is 2.17. The van der Waals surface area contributed by atoms with Gasteiger partial charge in [0, 0.05) is 12.6 Å². The minimum absolute atomic E-state index is 0.108. The predicted molar refractivity (Wildman–Crippen MR) is 59.4 cm³/mol. The number of likely N-dealkylation sites (tertiary alicyclic amines) is 1. The molecule has 1 aliphatic heterocycles. The van der Waals surface area contributed by atoms with E-state index in [1.54, 1.807) is 0 Å². The topological polar surface area (TPSA) is 58.4 Å². The van der Waals surface area contributed by atoms with Gasteiger partial charge in [-0.2, -0.15) is 0 Å². The summed E-state index contributed by atoms with van der Waals surface area (Å²) in [7, 11) is 0. The summed E-state index contributed by atoms with van der Waals surface area (Å²) in [4.78, 5) is 13.9. The summed E-state index contributed by atoms with van der Waals surface area (Å²) >= 11 is 0. The first-order valence-electron chi connectivity index (χ1n) is 6.03. The number of carbonyl (C=O) groups is 1. The first-order valence-corrected chi connectivity index (χ1v) is 6.03. The lowest BCUT2D eigenvalue weighted by molar-refractivity contribution is -0.122. The molecule has 2 aliphatic rings. The third kappa shape index (κ3) is 3.18. The third-order valence-corrected chi connectivity index (χ3v) is 3.33. The summed E-state index contributed by atoms with van der Waals surface area (Å²) in [6, 6.07) is 0.128. The van der Waals surface area contributed by atoms with Gasteiger partial charge in [0.25, 0.3) is 0 Å². The Morgan fingerprint density at radius 1 is 1.40 bits per heavy atom. The minimum atomic E-state index is 0.108. The average molecular weight is 211 g/mol. The Morgan fingerprint density at radius 3 is 2.67 bits per heavy atom. The molecular formula is C11H21N3O. The molecule has 1 saturated carbocycles. The number of hydrogen-bond donors (Lipinski definition) is 2. The molecule has 2 rings (SSSR count). The van der Waals surface area contributed by atoms with Crippen molar-refractivity contribution in [1.82, 2.24) is 10.2 Å². The second-order valence-corrected chi connectivity index (χ2v) is 4.70. The second-order valence-electron chi connectivity index (χ2n) is 4.70. The smallest absolute Gasteiger partial charge is 0.224 e. The molecule has 1 aliphatic carbocycles. The average Bonchev–Trinajstić information content (AvgIpc) is 2.77. The van der Waals surface area contributed by atoms with Crippen LogP contribution in [-0.4, -0.2) is 43.0 Å². The largest absolute Gasteiger partial charge is 0.356 e. The molecule has 0 aromatic carbocycles. The first-order chi connectivity index (χ1) is 7.27. The minimum Gasteiger partial charge on any atom is -0.356 e. The van der Waals surface area contributed by atoms with Crippen molar-refractivity contribution in [3.63, 3.8) is 0 Å². The van der Waals surface area contributed by atoms with E-state index in [1.165, 1.54) is 25.9 Å². The van der Waals surface area contributed by atoms with E-state index < -0.39 is 0 Å². The van der Waals surface area contributed by atoms with Crippen LogP contribution in [0.25, 0.3) is 0 Å². The van der Waals surface area contributed by atoms with Crippen molar-refractivity contribution in [3.8, 4) is 0 Å². The molecule has 3 N–H and O–H groups in total. The van der Waals surface area contributed by atoms with Crippen LogP contribution in [-0.2, 0) is 4.79 Å². The van der Waals surface area contributed by atoms with Crippen LogP contribution in [0, 0.1) is 5.92 Å². The van der Waals surface area contributed by atoms with Crippen molar-refractivity contribution in [1.29, 1.82) is 0 Å². The Balaban J connectivity index is 1.49. The molecule has 4 nitrogen and oxygen atoms in total. The highest BCUT2D eigenvalue weighted by molar-refractivity contribution is 5.82. The van der Waals surface area contributed by atoms with E-state index >= 15 is 0 Å². The van der Waals surface area contributed by atoms with Gasteiger partial charge in [-0.05, 0) is 45.3 Å². The summed E-state index contributed by atoms with van der Waals surface area (Å²) in [5, 5.41) is 2.95. The summed E-state index contributed by atoms with van der Waals surface area (Å²) < 4.78 is 0. The molecule has 1 heterocycles. The number of rotatable bonds is 5. The maximum Gasteiger partial charge on any atom is 0.224 e. The van der Waals surface area contributed by atoms with Crippen LogP contribution in [0.1, 0.15) is 25.7 Å². The zero-order valence-corrected chi connectivity index (χ0v) is 9.24. The van der Waals surface area contributed by atoms with Gasteiger partial charge in [0.1, 0.15) is 0 Å². The van der Waals surface area contributed by atoms with E-state index in [2.05, 4.69) is 10.2 Å². The molecule has 0 spiro atoms. The third-order valence-electron chi connectivity index (χ3n) is 3.33. The summed E-state index contributed by atoms with van der Waals surface area (Å²) in [6.07, 6.45) is 4.61. The highest BCUT2D eigenvalue weighted by atomic mass is 16.2. The molecule has 1 saturated heterocycles. The quantitative estimate of drug-likeness (QED) is 0.626. The molecule has 2 atom stereocenters. The Bertz CT molecular complexity index is 226. The Labute approximate surface area is 91.2 Å². The SMILES string of the molecule is NC1CC1C(=O)NCCCN1CCCC1. The standard InChI is InChI=1S/C11H21N3O/c12-10-8-9(10)11(15)13-4-3-7-14-5-1-2-6-14/h9-10H,1-8,12H2,(H,13,15). The number of carbonyl (C=O) groups excluding carboxylic acids is 1. The fraction of sp³-hybridized carbons (Fsp3) is 0.909. The first kappa shape index (κ1) is 10.9. The van der Waals surface area contributed by atoms with E-state index in [1.807, 2.05) is 0 Å². The number of amides is 1. The van der Waals surface area contributed by atoms with Crippen LogP contribution in [0.2, 0.25) is 0 Å². The monoisotopic (exact) mass is 211 g/mol. The maximum atomic E-state index is 11.4. The van der Waals surface area contributed by atoms with Crippen molar-refractivity contribution < 1.29 is 4.79 Å². The van der Waals surface area contributed by atoms with Gasteiger partial charge in [-0.3, -0.25) is 4.79 Å². The number of nitrogens with one attached hydrogen (secondary N) is 1. The Morgan fingerprint density at radius 2 is 2.07 bits per heavy atom. The van der Waals surface area contributed by atoms with Crippen LogP contribution in [0.4, 0.5) is 0 Å². The molecule has 15 heavy (non-hydrogen) atoms. The Kier molecular flexibility index (Phi) is 3.59. The van der Waals surface area contributed by atoms with Crippen molar-refractivity contribution in [2.75, 3.05) is 26.2 Å². The molecule has 2 fully saturated rings. The highest BCUT2D eigenvalue weighted by Crippen LogP contribution is 2.27. The van der Waals surface area contributed by atoms with Crippen molar-refractivity contribution in [2.24, 2.45) is 11.7 Å². The van der Waals surface area contributed by atoms with E-state index in [0.29, 0.717) is 0 Å². The molecule has 0 radical (unpaired) electrons. The van der Waals surface area contributed by atoms with Gasteiger partial charge in [0.2, 0.25) is 5.91 Å². The molecule has 2 unspecified atom stereocenters. The van der Waals surface area contributed by atoms with Crippen LogP contribution >= 0.6 is 0 Å². The zero-order valence-electron chi connectivity index (χ0n) is 9.24. The van der Waals surface area contributed by atoms with Crippen LogP contribution in [0.3, 0.4) is 0 Å². The maximum absolute atomic E-state index is 11.4. The van der Waals surface area contributed by atoms with Gasteiger partial charge in [-0.1, -0.05) is 0 Å². The van der Waals surface area contributed by atoms with Gasteiger partial charge in [0.05, 0.1) is 5.92 Å². The lowest BCUT2D eigenvalue weighted by Gasteiger charge is -2.14. The normalized spacial score (nSPS) is 30.5. The summed E-state index contributed by atoms with van der Waals surface area (Å²) in [6.45, 7) is 4.40. The number of hydrogen-bond acceptors (Lipinski definition) is 3. The zero-order chi connectivity index (χ0) is 10.7. The predicted octanol–water partition coefficient (Wildman–Crippen LogP) is -0.0643. The van der Waals surface area contributed by atoms with E-state index in [9.17, 15) is 4.79 Å². The number of nitrogens with two attached hydrogens (primary N) is 1. The van der Waals surface area contributed by atoms with Crippen molar-refractivity contribution in [3.05, 3.63) is 0 Å². The second kappa shape index (κ2) is 4.94. The summed E-state index contributed by atoms with van der Waals surface area (Å²) in [5.41, 5.74) is 5.60. The molecule has 86 valence electrons. The molecular weight excluding hydrogens is 190 g/mol. The highest BCUT2D eigenvalue weighted by Gasteiger charge is 2.39. The van der Waals surface area contributed by atoms with E-state index in [0.717, 1.165) is 25.9 Å². The van der Waals surface area contributed by atoms with E-state index in [-0.39, 0.29) is 17.9 Å². The molecule has 0 aromatic rings. The molecule has 1 amide bonds. The summed E-state index contributed by atoms with van der Waals surface area (Å²) in [5.74, 6) is 0.265. The Hall–Kier alpha value is -0.610.